The second-order valence-electron chi connectivity index (χ2n) is 1.61. The van der Waals surface area contributed by atoms with E-state index in [2.05, 4.69) is 0 Å². The van der Waals surface area contributed by atoms with Crippen LogP contribution in [0.2, 0.25) is 0 Å². The van der Waals surface area contributed by atoms with Crippen LogP contribution in [0.4, 0.5) is 0 Å². The maximum atomic E-state index is 5.22. The molecule has 0 aromatic carbocycles. The molecule has 0 aliphatic carbocycles. The molecule has 46 valence electrons. The van der Waals surface area contributed by atoms with Gasteiger partial charge in [0.1, 0.15) is 12.0 Å². The first-order valence-electron chi connectivity index (χ1n) is 2.54. The van der Waals surface area contributed by atoms with Gasteiger partial charge in [0.2, 0.25) is 6.29 Å². The van der Waals surface area contributed by atoms with E-state index in [-0.39, 0.29) is 6.29 Å². The van der Waals surface area contributed by atoms with Gasteiger partial charge in [-0.25, -0.2) is 0 Å². The van der Waals surface area contributed by atoms with Crippen LogP contribution in [0.25, 0.3) is 0 Å². The van der Waals surface area contributed by atoms with Crippen molar-refractivity contribution in [3.05, 3.63) is 12.0 Å². The summed E-state index contributed by atoms with van der Waals surface area (Å²) < 4.78 is 9.92. The molecule has 1 atom stereocenters. The Bertz CT molecular complexity index is 111. The highest BCUT2D eigenvalue weighted by Gasteiger charge is 2.10. The maximum absolute atomic E-state index is 5.22. The lowest BCUT2D eigenvalue weighted by atomic mass is 10.6. The van der Waals surface area contributed by atoms with Crippen LogP contribution in [0.3, 0.4) is 0 Å². The van der Waals surface area contributed by atoms with E-state index in [0.29, 0.717) is 6.54 Å². The lowest BCUT2D eigenvalue weighted by Gasteiger charge is -2.02. The monoisotopic (exact) mass is 115 g/mol. The number of rotatable bonds is 1. The summed E-state index contributed by atoms with van der Waals surface area (Å²) in [5.41, 5.74) is 5.22. The topological polar surface area (TPSA) is 44.5 Å². The molecule has 0 spiro atoms. The molecular weight excluding hydrogens is 106 g/mol. The van der Waals surface area contributed by atoms with Crippen molar-refractivity contribution >= 4 is 0 Å². The van der Waals surface area contributed by atoms with Crippen LogP contribution in [0.1, 0.15) is 6.92 Å². The van der Waals surface area contributed by atoms with Crippen molar-refractivity contribution in [2.24, 2.45) is 5.73 Å². The fourth-order valence-corrected chi connectivity index (χ4v) is 0.537. The van der Waals surface area contributed by atoms with E-state index in [1.54, 1.807) is 6.26 Å². The molecule has 0 aromatic rings. The number of hydrogen-bond acceptors (Lipinski definition) is 3. The second-order valence-corrected chi connectivity index (χ2v) is 1.61. The Morgan fingerprint density at radius 2 is 2.62 bits per heavy atom. The van der Waals surface area contributed by atoms with E-state index in [1.165, 1.54) is 0 Å². The fourth-order valence-electron chi connectivity index (χ4n) is 0.537. The van der Waals surface area contributed by atoms with Gasteiger partial charge in [-0.3, -0.25) is 0 Å². The predicted octanol–water partition coefficient (Wildman–Crippen LogP) is 0.179. The fraction of sp³-hybridized carbons (Fsp3) is 0.600. The predicted molar refractivity (Wildman–Crippen MR) is 28.8 cm³/mol. The molecule has 8 heavy (non-hydrogen) atoms. The summed E-state index contributed by atoms with van der Waals surface area (Å²) in [5.74, 6) is 0.720. The van der Waals surface area contributed by atoms with Gasteiger partial charge in [-0.1, -0.05) is 0 Å². The van der Waals surface area contributed by atoms with Crippen molar-refractivity contribution in [3.8, 4) is 0 Å². The highest BCUT2D eigenvalue weighted by Crippen LogP contribution is 2.10. The van der Waals surface area contributed by atoms with Crippen molar-refractivity contribution in [2.75, 3.05) is 6.54 Å². The van der Waals surface area contributed by atoms with Crippen molar-refractivity contribution in [1.29, 1.82) is 0 Å². The highest BCUT2D eigenvalue weighted by molar-refractivity contribution is 4.92. The molecular formula is C5H9NO2. The summed E-state index contributed by atoms with van der Waals surface area (Å²) in [5, 5.41) is 0. The second kappa shape index (κ2) is 2.05. The normalized spacial score (nSPS) is 26.2. The van der Waals surface area contributed by atoms with Gasteiger partial charge in [0.25, 0.3) is 0 Å². The van der Waals surface area contributed by atoms with Gasteiger partial charge in [0.15, 0.2) is 0 Å². The zero-order valence-electron chi connectivity index (χ0n) is 4.76. The van der Waals surface area contributed by atoms with Crippen LogP contribution >= 0.6 is 0 Å². The van der Waals surface area contributed by atoms with E-state index in [0.717, 1.165) is 5.76 Å². The SMILES string of the molecule is CC1OC=C(CN)O1. The first kappa shape index (κ1) is 5.44. The van der Waals surface area contributed by atoms with E-state index in [1.807, 2.05) is 6.92 Å². The van der Waals surface area contributed by atoms with Crippen LogP contribution in [0, 0.1) is 0 Å². The number of nitrogens with two attached hydrogens (primary N) is 1. The molecule has 2 N–H and O–H groups in total. The maximum Gasteiger partial charge on any atom is 0.237 e. The lowest BCUT2D eigenvalue weighted by molar-refractivity contribution is -0.0152. The molecule has 0 saturated heterocycles. The molecule has 0 bridgehead atoms. The Morgan fingerprint density at radius 1 is 1.88 bits per heavy atom. The summed E-state index contributed by atoms with van der Waals surface area (Å²) in [7, 11) is 0. The average Bonchev–Trinajstić information content (AvgIpc) is 2.14. The number of hydrogen-bond donors (Lipinski definition) is 1. The molecule has 3 nitrogen and oxygen atoms in total. The highest BCUT2D eigenvalue weighted by atomic mass is 16.7. The van der Waals surface area contributed by atoms with Gasteiger partial charge in [0.05, 0.1) is 6.54 Å². The standard InChI is InChI=1S/C5H9NO2/c1-4-7-3-5(2-6)8-4/h3-4H,2,6H2,1H3. The Morgan fingerprint density at radius 3 is 2.88 bits per heavy atom. The molecule has 1 rings (SSSR count). The van der Waals surface area contributed by atoms with Gasteiger partial charge < -0.3 is 15.2 Å². The molecule has 3 heteroatoms. The van der Waals surface area contributed by atoms with Gasteiger partial charge in [-0.15, -0.1) is 0 Å². The molecule has 0 saturated carbocycles. The molecule has 1 aliphatic rings. The third kappa shape index (κ3) is 0.924. The summed E-state index contributed by atoms with van der Waals surface area (Å²) in [4.78, 5) is 0. The van der Waals surface area contributed by atoms with E-state index in [9.17, 15) is 0 Å². The molecule has 1 heterocycles. The molecule has 1 unspecified atom stereocenters. The molecule has 1 aliphatic heterocycles. The Balaban J connectivity index is 2.37. The molecule has 0 fully saturated rings. The zero-order valence-corrected chi connectivity index (χ0v) is 4.76. The summed E-state index contributed by atoms with van der Waals surface area (Å²) in [6.07, 6.45) is 1.40. The van der Waals surface area contributed by atoms with Crippen LogP contribution < -0.4 is 5.73 Å². The summed E-state index contributed by atoms with van der Waals surface area (Å²) >= 11 is 0. The first-order valence-corrected chi connectivity index (χ1v) is 2.54. The summed E-state index contributed by atoms with van der Waals surface area (Å²) in [6.45, 7) is 2.24. The quantitative estimate of drug-likeness (QED) is 0.530. The molecule has 0 amide bonds. The molecule has 0 aromatic heterocycles. The Labute approximate surface area is 48.1 Å². The van der Waals surface area contributed by atoms with Crippen molar-refractivity contribution in [2.45, 2.75) is 13.2 Å². The Hall–Kier alpha value is -0.700. The van der Waals surface area contributed by atoms with Gasteiger partial charge >= 0.3 is 0 Å². The minimum absolute atomic E-state index is 0.145. The van der Waals surface area contributed by atoms with E-state index >= 15 is 0 Å². The van der Waals surface area contributed by atoms with Gasteiger partial charge in [0, 0.05) is 6.92 Å². The Kier molecular flexibility index (Phi) is 1.39. The van der Waals surface area contributed by atoms with E-state index < -0.39 is 0 Å². The van der Waals surface area contributed by atoms with Crippen LogP contribution in [-0.2, 0) is 9.47 Å². The van der Waals surface area contributed by atoms with Crippen molar-refractivity contribution in [1.82, 2.24) is 0 Å². The van der Waals surface area contributed by atoms with Crippen molar-refractivity contribution in [3.63, 3.8) is 0 Å². The number of ether oxygens (including phenoxy) is 2. The minimum atomic E-state index is -0.145. The third-order valence-electron chi connectivity index (χ3n) is 0.910. The van der Waals surface area contributed by atoms with Crippen LogP contribution in [0.15, 0.2) is 12.0 Å². The lowest BCUT2D eigenvalue weighted by Crippen LogP contribution is -2.07. The van der Waals surface area contributed by atoms with Gasteiger partial charge in [-0.2, -0.15) is 0 Å². The van der Waals surface area contributed by atoms with Gasteiger partial charge in [-0.05, 0) is 0 Å². The molecule has 0 radical (unpaired) electrons. The summed E-state index contributed by atoms with van der Waals surface area (Å²) in [6, 6.07) is 0. The third-order valence-corrected chi connectivity index (χ3v) is 0.910. The largest absolute Gasteiger partial charge is 0.459 e. The zero-order chi connectivity index (χ0) is 5.98. The van der Waals surface area contributed by atoms with Crippen LogP contribution in [-0.4, -0.2) is 12.8 Å². The minimum Gasteiger partial charge on any atom is -0.459 e. The average molecular weight is 115 g/mol. The first-order chi connectivity index (χ1) is 3.83. The van der Waals surface area contributed by atoms with Crippen LogP contribution in [0.5, 0.6) is 0 Å². The smallest absolute Gasteiger partial charge is 0.237 e. The van der Waals surface area contributed by atoms with Crippen molar-refractivity contribution < 1.29 is 9.47 Å². The van der Waals surface area contributed by atoms with E-state index in [4.69, 9.17) is 15.2 Å².